The van der Waals surface area contributed by atoms with Gasteiger partial charge in [0.2, 0.25) is 0 Å². The molecule has 1 aliphatic carbocycles. The first-order chi connectivity index (χ1) is 9.69. The molecule has 0 saturated carbocycles. The maximum absolute atomic E-state index is 13.3. The lowest BCUT2D eigenvalue weighted by atomic mass is 9.88. The average molecular weight is 269 g/mol. The van der Waals surface area contributed by atoms with Gasteiger partial charge in [0, 0.05) is 6.04 Å². The van der Waals surface area contributed by atoms with Gasteiger partial charge in [0.05, 0.1) is 0 Å². The zero-order chi connectivity index (χ0) is 14.1. The summed E-state index contributed by atoms with van der Waals surface area (Å²) in [6.45, 7) is 1.99. The minimum atomic E-state index is -0.157. The Bertz CT molecular complexity index is 596. The Morgan fingerprint density at radius 3 is 2.30 bits per heavy atom. The standard InChI is InChI=1S/C18H20FN/c1-12-9-16(19)7-8-17(12)18(20-2)15-10-13-5-3-4-6-14(13)11-15/h3-9,15,18,20H,10-11H2,1-2H3. The molecule has 0 radical (unpaired) electrons. The molecule has 1 atom stereocenters. The first-order valence-corrected chi connectivity index (χ1v) is 7.19. The molecule has 2 heteroatoms. The molecule has 0 heterocycles. The lowest BCUT2D eigenvalue weighted by Crippen LogP contribution is -2.26. The predicted molar refractivity (Wildman–Crippen MR) is 80.3 cm³/mol. The van der Waals surface area contributed by atoms with Gasteiger partial charge >= 0.3 is 0 Å². The fourth-order valence-corrected chi connectivity index (χ4v) is 3.46. The molecule has 0 saturated heterocycles. The number of rotatable bonds is 3. The van der Waals surface area contributed by atoms with E-state index < -0.39 is 0 Å². The minimum Gasteiger partial charge on any atom is -0.313 e. The largest absolute Gasteiger partial charge is 0.313 e. The van der Waals surface area contributed by atoms with E-state index in [0.717, 1.165) is 18.4 Å². The third-order valence-corrected chi connectivity index (χ3v) is 4.43. The van der Waals surface area contributed by atoms with Crippen molar-refractivity contribution in [3.8, 4) is 0 Å². The van der Waals surface area contributed by atoms with E-state index in [9.17, 15) is 4.39 Å². The lowest BCUT2D eigenvalue weighted by Gasteiger charge is -2.25. The zero-order valence-corrected chi connectivity index (χ0v) is 12.0. The van der Waals surface area contributed by atoms with Gasteiger partial charge in [-0.1, -0.05) is 30.3 Å². The molecular formula is C18H20FN. The van der Waals surface area contributed by atoms with Crippen LogP contribution < -0.4 is 5.32 Å². The van der Waals surface area contributed by atoms with Gasteiger partial charge in [-0.2, -0.15) is 0 Å². The van der Waals surface area contributed by atoms with Crippen LogP contribution in [0.4, 0.5) is 4.39 Å². The van der Waals surface area contributed by atoms with E-state index in [1.807, 2.05) is 20.0 Å². The number of nitrogens with one attached hydrogen (secondary N) is 1. The summed E-state index contributed by atoms with van der Waals surface area (Å²) >= 11 is 0. The average Bonchev–Trinajstić information content (AvgIpc) is 2.85. The van der Waals surface area contributed by atoms with Crippen LogP contribution in [-0.4, -0.2) is 7.05 Å². The second kappa shape index (κ2) is 5.37. The first kappa shape index (κ1) is 13.3. The van der Waals surface area contributed by atoms with Crippen molar-refractivity contribution in [1.29, 1.82) is 0 Å². The van der Waals surface area contributed by atoms with Crippen molar-refractivity contribution in [3.63, 3.8) is 0 Å². The molecule has 0 spiro atoms. The second-order valence-corrected chi connectivity index (χ2v) is 5.70. The number of fused-ring (bicyclic) bond motifs is 1. The minimum absolute atomic E-state index is 0.157. The number of halogens is 1. The van der Waals surface area contributed by atoms with Crippen LogP contribution in [0.3, 0.4) is 0 Å². The van der Waals surface area contributed by atoms with Gasteiger partial charge in [-0.25, -0.2) is 4.39 Å². The van der Waals surface area contributed by atoms with Crippen molar-refractivity contribution in [2.45, 2.75) is 25.8 Å². The van der Waals surface area contributed by atoms with Crippen LogP contribution in [0.25, 0.3) is 0 Å². The molecule has 1 nitrogen and oxygen atoms in total. The van der Waals surface area contributed by atoms with Crippen molar-refractivity contribution < 1.29 is 4.39 Å². The van der Waals surface area contributed by atoms with Gasteiger partial charge in [0.1, 0.15) is 5.82 Å². The quantitative estimate of drug-likeness (QED) is 0.893. The molecule has 0 aliphatic heterocycles. The predicted octanol–water partition coefficient (Wildman–Crippen LogP) is 3.81. The summed E-state index contributed by atoms with van der Waals surface area (Å²) in [5.74, 6) is 0.386. The van der Waals surface area contributed by atoms with Crippen molar-refractivity contribution in [2.24, 2.45) is 5.92 Å². The van der Waals surface area contributed by atoms with Crippen molar-refractivity contribution in [1.82, 2.24) is 5.32 Å². The smallest absolute Gasteiger partial charge is 0.123 e. The SMILES string of the molecule is CNC(c1ccc(F)cc1C)C1Cc2ccccc2C1. The number of benzene rings is 2. The Kier molecular flexibility index (Phi) is 3.58. The molecule has 3 rings (SSSR count). The molecule has 2 aromatic carbocycles. The molecule has 0 amide bonds. The Balaban J connectivity index is 1.89. The van der Waals surface area contributed by atoms with Crippen LogP contribution in [0.1, 0.15) is 28.3 Å². The van der Waals surface area contributed by atoms with Crippen LogP contribution in [0.5, 0.6) is 0 Å². The molecule has 1 N–H and O–H groups in total. The maximum atomic E-state index is 13.3. The summed E-state index contributed by atoms with van der Waals surface area (Å²) in [6.07, 6.45) is 2.19. The monoisotopic (exact) mass is 269 g/mol. The van der Waals surface area contributed by atoms with E-state index >= 15 is 0 Å². The number of hydrogen-bond acceptors (Lipinski definition) is 1. The summed E-state index contributed by atoms with van der Waals surface area (Å²) in [7, 11) is 2.00. The third kappa shape index (κ3) is 2.36. The highest BCUT2D eigenvalue weighted by Gasteiger charge is 2.29. The van der Waals surface area contributed by atoms with Crippen LogP contribution in [0.15, 0.2) is 42.5 Å². The summed E-state index contributed by atoms with van der Waals surface area (Å²) < 4.78 is 13.3. The summed E-state index contributed by atoms with van der Waals surface area (Å²) in [5.41, 5.74) is 5.15. The summed E-state index contributed by atoms with van der Waals surface area (Å²) in [4.78, 5) is 0. The van der Waals surface area contributed by atoms with E-state index in [4.69, 9.17) is 0 Å². The molecule has 0 fully saturated rings. The topological polar surface area (TPSA) is 12.0 Å². The molecule has 2 aromatic rings. The fourth-order valence-electron chi connectivity index (χ4n) is 3.46. The van der Waals surface area contributed by atoms with Crippen LogP contribution in [-0.2, 0) is 12.8 Å². The highest BCUT2D eigenvalue weighted by atomic mass is 19.1. The Morgan fingerprint density at radius 2 is 1.75 bits per heavy atom. The normalized spacial score (nSPS) is 16.1. The highest BCUT2D eigenvalue weighted by Crippen LogP contribution is 2.36. The Hall–Kier alpha value is -1.67. The highest BCUT2D eigenvalue weighted by molar-refractivity contribution is 5.36. The van der Waals surface area contributed by atoms with Crippen LogP contribution >= 0.6 is 0 Å². The second-order valence-electron chi connectivity index (χ2n) is 5.70. The van der Waals surface area contributed by atoms with E-state index in [1.165, 1.54) is 16.7 Å². The molecule has 104 valence electrons. The molecule has 1 unspecified atom stereocenters. The third-order valence-electron chi connectivity index (χ3n) is 4.43. The Morgan fingerprint density at radius 1 is 1.10 bits per heavy atom. The van der Waals surface area contributed by atoms with Gasteiger partial charge in [0.15, 0.2) is 0 Å². The van der Waals surface area contributed by atoms with E-state index in [-0.39, 0.29) is 11.9 Å². The van der Waals surface area contributed by atoms with Crippen molar-refractivity contribution in [2.75, 3.05) is 7.05 Å². The Labute approximate surface area is 119 Å². The molecule has 20 heavy (non-hydrogen) atoms. The number of hydrogen-bond donors (Lipinski definition) is 1. The van der Waals surface area contributed by atoms with Crippen LogP contribution in [0, 0.1) is 18.7 Å². The summed E-state index contributed by atoms with van der Waals surface area (Å²) in [5, 5.41) is 3.43. The van der Waals surface area contributed by atoms with Crippen molar-refractivity contribution >= 4 is 0 Å². The van der Waals surface area contributed by atoms with E-state index in [1.54, 1.807) is 12.1 Å². The lowest BCUT2D eigenvalue weighted by molar-refractivity contribution is 0.395. The van der Waals surface area contributed by atoms with Gasteiger partial charge in [0.25, 0.3) is 0 Å². The van der Waals surface area contributed by atoms with E-state index in [0.29, 0.717) is 5.92 Å². The summed E-state index contributed by atoms with van der Waals surface area (Å²) in [6, 6.07) is 14.1. The fraction of sp³-hybridized carbons (Fsp3) is 0.333. The number of aryl methyl sites for hydroxylation is 1. The molecule has 1 aliphatic rings. The van der Waals surface area contributed by atoms with Gasteiger partial charge < -0.3 is 5.32 Å². The van der Waals surface area contributed by atoms with Gasteiger partial charge in [-0.3, -0.25) is 0 Å². The first-order valence-electron chi connectivity index (χ1n) is 7.19. The van der Waals surface area contributed by atoms with E-state index in [2.05, 4.69) is 29.6 Å². The van der Waals surface area contributed by atoms with Crippen LogP contribution in [0.2, 0.25) is 0 Å². The zero-order valence-electron chi connectivity index (χ0n) is 12.0. The molecule has 0 aromatic heterocycles. The van der Waals surface area contributed by atoms with Crippen molar-refractivity contribution in [3.05, 3.63) is 70.5 Å². The van der Waals surface area contributed by atoms with Gasteiger partial charge in [-0.05, 0) is 67.1 Å². The van der Waals surface area contributed by atoms with Gasteiger partial charge in [-0.15, -0.1) is 0 Å². The maximum Gasteiger partial charge on any atom is 0.123 e. The molecular weight excluding hydrogens is 249 g/mol. The molecule has 0 bridgehead atoms.